The van der Waals surface area contributed by atoms with Gasteiger partial charge in [-0.1, -0.05) is 12.1 Å². The lowest BCUT2D eigenvalue weighted by Crippen LogP contribution is -2.17. The zero-order valence-electron chi connectivity index (χ0n) is 9.57. The van der Waals surface area contributed by atoms with Gasteiger partial charge in [0, 0.05) is 19.1 Å². The summed E-state index contributed by atoms with van der Waals surface area (Å²) in [6, 6.07) is 6.08. The number of benzene rings is 1. The predicted molar refractivity (Wildman–Crippen MR) is 65.2 cm³/mol. The van der Waals surface area contributed by atoms with Gasteiger partial charge in [0.1, 0.15) is 0 Å². The van der Waals surface area contributed by atoms with E-state index >= 15 is 0 Å². The number of amides is 1. The third kappa shape index (κ3) is 4.30. The van der Waals surface area contributed by atoms with Gasteiger partial charge in [-0.05, 0) is 12.5 Å². The number of nitrogens with zero attached hydrogens (tertiary/aromatic N) is 2. The first kappa shape index (κ1) is 13.8. The van der Waals surface area contributed by atoms with Gasteiger partial charge < -0.3 is 5.11 Å². The Balaban J connectivity index is 2.62. The molecule has 0 spiro atoms. The quantitative estimate of drug-likeness (QED) is 0.443. The SMILES string of the molecule is O=C(CCCO)N/N=C/c1ccccc1[N+](=O)[O-]. The minimum Gasteiger partial charge on any atom is -0.396 e. The first-order valence-corrected chi connectivity index (χ1v) is 5.31. The van der Waals surface area contributed by atoms with E-state index in [0.29, 0.717) is 12.0 Å². The molecule has 0 saturated heterocycles. The van der Waals surface area contributed by atoms with E-state index in [1.165, 1.54) is 18.3 Å². The summed E-state index contributed by atoms with van der Waals surface area (Å²) in [6.07, 6.45) is 1.73. The zero-order valence-corrected chi connectivity index (χ0v) is 9.57. The molecule has 0 heterocycles. The second-order valence-electron chi connectivity index (χ2n) is 3.44. The van der Waals surface area contributed by atoms with Gasteiger partial charge in [0.15, 0.2) is 0 Å². The van der Waals surface area contributed by atoms with Crippen molar-refractivity contribution in [2.24, 2.45) is 5.10 Å². The van der Waals surface area contributed by atoms with Gasteiger partial charge in [-0.2, -0.15) is 5.10 Å². The Morgan fingerprint density at radius 3 is 2.89 bits per heavy atom. The molecular formula is C11H13N3O4. The number of nitrogens with one attached hydrogen (secondary N) is 1. The molecule has 0 unspecified atom stereocenters. The average Bonchev–Trinajstić information content (AvgIpc) is 2.36. The van der Waals surface area contributed by atoms with Crippen LogP contribution >= 0.6 is 0 Å². The Hall–Kier alpha value is -2.28. The van der Waals surface area contributed by atoms with Crippen LogP contribution in [-0.2, 0) is 4.79 Å². The van der Waals surface area contributed by atoms with E-state index in [2.05, 4.69) is 10.5 Å². The minimum atomic E-state index is -0.519. The van der Waals surface area contributed by atoms with E-state index in [9.17, 15) is 14.9 Å². The second kappa shape index (κ2) is 7.13. The van der Waals surface area contributed by atoms with Crippen molar-refractivity contribution in [3.63, 3.8) is 0 Å². The molecule has 0 bridgehead atoms. The van der Waals surface area contributed by atoms with E-state index in [-0.39, 0.29) is 24.6 Å². The lowest BCUT2D eigenvalue weighted by molar-refractivity contribution is -0.385. The van der Waals surface area contributed by atoms with Crippen LogP contribution in [0.25, 0.3) is 0 Å². The van der Waals surface area contributed by atoms with E-state index in [0.717, 1.165) is 0 Å². The molecule has 1 aromatic rings. The Kier molecular flexibility index (Phi) is 5.46. The van der Waals surface area contributed by atoms with Gasteiger partial charge in [0.05, 0.1) is 16.7 Å². The van der Waals surface area contributed by atoms with Gasteiger partial charge in [-0.15, -0.1) is 0 Å². The van der Waals surface area contributed by atoms with Crippen LogP contribution in [0, 0.1) is 10.1 Å². The maximum Gasteiger partial charge on any atom is 0.278 e. The highest BCUT2D eigenvalue weighted by atomic mass is 16.6. The first-order valence-electron chi connectivity index (χ1n) is 5.31. The van der Waals surface area contributed by atoms with Gasteiger partial charge in [0.2, 0.25) is 5.91 Å². The summed E-state index contributed by atoms with van der Waals surface area (Å²) in [4.78, 5) is 21.3. The largest absolute Gasteiger partial charge is 0.396 e. The summed E-state index contributed by atoms with van der Waals surface area (Å²) in [6.45, 7) is -0.0682. The zero-order chi connectivity index (χ0) is 13.4. The molecule has 0 radical (unpaired) electrons. The molecule has 0 aliphatic rings. The van der Waals surface area contributed by atoms with Crippen molar-refractivity contribution in [1.82, 2.24) is 5.43 Å². The van der Waals surface area contributed by atoms with Crippen molar-refractivity contribution in [3.05, 3.63) is 39.9 Å². The maximum atomic E-state index is 11.1. The van der Waals surface area contributed by atoms with Crippen molar-refractivity contribution in [3.8, 4) is 0 Å². The monoisotopic (exact) mass is 251 g/mol. The molecule has 18 heavy (non-hydrogen) atoms. The standard InChI is InChI=1S/C11H13N3O4/c15-7-3-6-11(16)13-12-8-9-4-1-2-5-10(9)14(17)18/h1-2,4-5,8,15H,3,6-7H2,(H,13,16)/b12-8+. The number of nitro groups is 1. The number of hydrazone groups is 1. The van der Waals surface area contributed by atoms with Crippen LogP contribution in [0.3, 0.4) is 0 Å². The number of para-hydroxylation sites is 1. The number of carbonyl (C=O) groups excluding carboxylic acids is 1. The van der Waals surface area contributed by atoms with E-state index in [1.807, 2.05) is 0 Å². The second-order valence-corrected chi connectivity index (χ2v) is 3.44. The fourth-order valence-electron chi connectivity index (χ4n) is 1.23. The summed E-state index contributed by atoms with van der Waals surface area (Å²) in [5, 5.41) is 22.8. The van der Waals surface area contributed by atoms with Crippen molar-refractivity contribution in [2.75, 3.05) is 6.61 Å². The molecule has 0 aliphatic carbocycles. The summed E-state index contributed by atoms with van der Waals surface area (Å²) in [5.74, 6) is -0.348. The van der Waals surface area contributed by atoms with Crippen LogP contribution in [-0.4, -0.2) is 28.8 Å². The fourth-order valence-corrected chi connectivity index (χ4v) is 1.23. The molecule has 2 N–H and O–H groups in total. The first-order chi connectivity index (χ1) is 8.65. The lowest BCUT2D eigenvalue weighted by atomic mass is 10.2. The molecule has 7 heteroatoms. The number of carbonyl (C=O) groups is 1. The van der Waals surface area contributed by atoms with E-state index < -0.39 is 4.92 Å². The molecule has 0 fully saturated rings. The summed E-state index contributed by atoms with van der Waals surface area (Å²) >= 11 is 0. The van der Waals surface area contributed by atoms with Crippen LogP contribution in [0.2, 0.25) is 0 Å². The normalized spacial score (nSPS) is 10.5. The van der Waals surface area contributed by atoms with Gasteiger partial charge >= 0.3 is 0 Å². The molecule has 1 rings (SSSR count). The maximum absolute atomic E-state index is 11.1. The molecule has 0 aromatic heterocycles. The third-order valence-corrected chi connectivity index (χ3v) is 2.09. The Labute approximate surface area is 103 Å². The number of hydrogen-bond donors (Lipinski definition) is 2. The minimum absolute atomic E-state index is 0.0682. The van der Waals surface area contributed by atoms with Crippen LogP contribution in [0.5, 0.6) is 0 Å². The number of aliphatic hydroxyl groups is 1. The van der Waals surface area contributed by atoms with Gasteiger partial charge in [-0.3, -0.25) is 14.9 Å². The Morgan fingerprint density at radius 1 is 1.50 bits per heavy atom. The number of hydrogen-bond acceptors (Lipinski definition) is 5. The van der Waals surface area contributed by atoms with Crippen LogP contribution in [0.1, 0.15) is 18.4 Å². The topological polar surface area (TPSA) is 105 Å². The Bertz CT molecular complexity index is 459. The lowest BCUT2D eigenvalue weighted by Gasteiger charge is -1.98. The third-order valence-electron chi connectivity index (χ3n) is 2.09. The molecule has 96 valence electrons. The van der Waals surface area contributed by atoms with Crippen molar-refractivity contribution < 1.29 is 14.8 Å². The highest BCUT2D eigenvalue weighted by molar-refractivity contribution is 5.86. The Morgan fingerprint density at radius 2 is 2.22 bits per heavy atom. The van der Waals surface area contributed by atoms with E-state index in [1.54, 1.807) is 12.1 Å². The average molecular weight is 251 g/mol. The summed E-state index contributed by atoms with van der Waals surface area (Å²) < 4.78 is 0. The smallest absolute Gasteiger partial charge is 0.278 e. The van der Waals surface area contributed by atoms with Gasteiger partial charge in [0.25, 0.3) is 5.69 Å². The molecular weight excluding hydrogens is 238 g/mol. The molecule has 1 amide bonds. The van der Waals surface area contributed by atoms with Crippen molar-refractivity contribution in [1.29, 1.82) is 0 Å². The van der Waals surface area contributed by atoms with Gasteiger partial charge in [-0.25, -0.2) is 5.43 Å². The summed E-state index contributed by atoms with van der Waals surface area (Å²) in [5.41, 5.74) is 2.46. The highest BCUT2D eigenvalue weighted by Gasteiger charge is 2.09. The molecule has 0 saturated carbocycles. The van der Waals surface area contributed by atoms with Crippen LogP contribution < -0.4 is 5.43 Å². The highest BCUT2D eigenvalue weighted by Crippen LogP contribution is 2.14. The van der Waals surface area contributed by atoms with Crippen LogP contribution in [0.15, 0.2) is 29.4 Å². The summed E-state index contributed by atoms with van der Waals surface area (Å²) in [7, 11) is 0. The molecule has 7 nitrogen and oxygen atoms in total. The van der Waals surface area contributed by atoms with E-state index in [4.69, 9.17) is 5.11 Å². The van der Waals surface area contributed by atoms with Crippen LogP contribution in [0.4, 0.5) is 5.69 Å². The van der Waals surface area contributed by atoms with Crippen molar-refractivity contribution >= 4 is 17.8 Å². The predicted octanol–water partition coefficient (Wildman–Crippen LogP) is 0.817. The molecule has 0 aliphatic heterocycles. The molecule has 1 aromatic carbocycles. The number of nitro benzene ring substituents is 1. The number of rotatable bonds is 6. The molecule has 0 atom stereocenters. The number of aliphatic hydroxyl groups excluding tert-OH is 1. The fraction of sp³-hybridized carbons (Fsp3) is 0.273. The van der Waals surface area contributed by atoms with Crippen molar-refractivity contribution in [2.45, 2.75) is 12.8 Å².